The first-order valence-electron chi connectivity index (χ1n) is 7.90. The molecule has 6 nitrogen and oxygen atoms in total. The number of aliphatic hydroxyl groups is 1. The largest absolute Gasteiger partial charge is 0.387 e. The van der Waals surface area contributed by atoms with Crippen molar-refractivity contribution in [1.82, 2.24) is 19.7 Å². The second-order valence-corrected chi connectivity index (χ2v) is 6.14. The van der Waals surface area contributed by atoms with Crippen LogP contribution in [0.2, 0.25) is 0 Å². The van der Waals surface area contributed by atoms with Crippen molar-refractivity contribution in [2.24, 2.45) is 14.1 Å². The Balaban J connectivity index is 1.72. The molecule has 0 aliphatic rings. The summed E-state index contributed by atoms with van der Waals surface area (Å²) in [7, 11) is 3.79. The molecule has 1 unspecified atom stereocenters. The monoisotopic (exact) mass is 326 g/mol. The van der Waals surface area contributed by atoms with Gasteiger partial charge in [-0.1, -0.05) is 6.07 Å². The van der Waals surface area contributed by atoms with Gasteiger partial charge in [-0.2, -0.15) is 5.10 Å². The van der Waals surface area contributed by atoms with E-state index in [9.17, 15) is 9.90 Å². The lowest BCUT2D eigenvalue weighted by molar-refractivity contribution is 0.0915. The minimum absolute atomic E-state index is 0.158. The Hall–Kier alpha value is -2.60. The number of hydrogen-bond donors (Lipinski definition) is 2. The molecule has 2 aromatic heterocycles. The van der Waals surface area contributed by atoms with Gasteiger partial charge in [0.05, 0.1) is 17.4 Å². The number of benzene rings is 1. The number of aliphatic hydroxyl groups excluding tert-OH is 1. The Labute approximate surface area is 140 Å². The fraction of sp³-hybridized carbons (Fsp3) is 0.333. The molecule has 3 rings (SSSR count). The lowest BCUT2D eigenvalue weighted by atomic mass is 10.1. The fourth-order valence-electron chi connectivity index (χ4n) is 3.01. The van der Waals surface area contributed by atoms with Gasteiger partial charge in [-0.05, 0) is 43.0 Å². The van der Waals surface area contributed by atoms with Crippen molar-refractivity contribution in [2.45, 2.75) is 20.0 Å². The van der Waals surface area contributed by atoms with Crippen LogP contribution in [0.15, 0.2) is 30.5 Å². The highest BCUT2D eigenvalue weighted by Gasteiger charge is 2.18. The molecule has 0 fully saturated rings. The van der Waals surface area contributed by atoms with E-state index in [4.69, 9.17) is 0 Å². The van der Waals surface area contributed by atoms with E-state index in [-0.39, 0.29) is 12.5 Å². The summed E-state index contributed by atoms with van der Waals surface area (Å²) in [6.07, 6.45) is 1.23. The minimum Gasteiger partial charge on any atom is -0.387 e. The van der Waals surface area contributed by atoms with E-state index >= 15 is 0 Å². The van der Waals surface area contributed by atoms with Crippen molar-refractivity contribution < 1.29 is 9.90 Å². The van der Waals surface area contributed by atoms with E-state index in [1.807, 2.05) is 63.0 Å². The smallest absolute Gasteiger partial charge is 0.255 e. The second-order valence-electron chi connectivity index (χ2n) is 6.14. The maximum atomic E-state index is 12.4. The predicted molar refractivity (Wildman–Crippen MR) is 92.9 cm³/mol. The van der Waals surface area contributed by atoms with Crippen molar-refractivity contribution in [3.63, 3.8) is 0 Å². The Morgan fingerprint density at radius 3 is 2.71 bits per heavy atom. The number of aromatic nitrogens is 3. The molecule has 0 spiro atoms. The van der Waals surface area contributed by atoms with Crippen molar-refractivity contribution in [1.29, 1.82) is 0 Å². The molecular weight excluding hydrogens is 304 g/mol. The molecule has 0 aliphatic heterocycles. The molecule has 24 heavy (non-hydrogen) atoms. The molecule has 0 radical (unpaired) electrons. The number of fused-ring (bicyclic) bond motifs is 1. The summed E-state index contributed by atoms with van der Waals surface area (Å²) in [6.45, 7) is 3.82. The van der Waals surface area contributed by atoms with Crippen LogP contribution in [0.25, 0.3) is 10.9 Å². The Kier molecular flexibility index (Phi) is 4.15. The highest BCUT2D eigenvalue weighted by molar-refractivity contribution is 5.96. The van der Waals surface area contributed by atoms with Crippen molar-refractivity contribution >= 4 is 16.8 Å². The predicted octanol–water partition coefficient (Wildman–Crippen LogP) is 1.99. The lowest BCUT2D eigenvalue weighted by Gasteiger charge is -2.13. The van der Waals surface area contributed by atoms with Crippen LogP contribution >= 0.6 is 0 Å². The number of carbonyl (C=O) groups excluding carboxylic acids is 1. The first kappa shape index (κ1) is 16.3. The summed E-state index contributed by atoms with van der Waals surface area (Å²) in [6, 6.07) is 7.82. The molecule has 6 heteroatoms. The average molecular weight is 326 g/mol. The van der Waals surface area contributed by atoms with Crippen LogP contribution in [-0.4, -0.2) is 31.9 Å². The molecule has 0 saturated heterocycles. The van der Waals surface area contributed by atoms with Gasteiger partial charge in [0.2, 0.25) is 0 Å². The molecule has 0 aliphatic carbocycles. The maximum absolute atomic E-state index is 12.4. The Morgan fingerprint density at radius 2 is 2.04 bits per heavy atom. The van der Waals surface area contributed by atoms with Crippen molar-refractivity contribution in [3.05, 3.63) is 53.0 Å². The fourth-order valence-corrected chi connectivity index (χ4v) is 3.01. The maximum Gasteiger partial charge on any atom is 0.255 e. The number of aryl methyl sites for hydroxylation is 3. The van der Waals surface area contributed by atoms with E-state index in [0.717, 1.165) is 22.2 Å². The van der Waals surface area contributed by atoms with E-state index in [1.54, 1.807) is 4.68 Å². The first-order chi connectivity index (χ1) is 11.4. The van der Waals surface area contributed by atoms with Gasteiger partial charge in [0, 0.05) is 38.0 Å². The van der Waals surface area contributed by atoms with Crippen LogP contribution in [-0.2, 0) is 14.1 Å². The zero-order chi connectivity index (χ0) is 17.4. The molecule has 126 valence electrons. The highest BCUT2D eigenvalue weighted by atomic mass is 16.3. The van der Waals surface area contributed by atoms with E-state index in [1.165, 1.54) is 0 Å². The van der Waals surface area contributed by atoms with Gasteiger partial charge in [-0.3, -0.25) is 9.48 Å². The van der Waals surface area contributed by atoms with E-state index in [0.29, 0.717) is 11.3 Å². The van der Waals surface area contributed by atoms with Gasteiger partial charge < -0.3 is 15.0 Å². The summed E-state index contributed by atoms with van der Waals surface area (Å²) in [4.78, 5) is 12.4. The van der Waals surface area contributed by atoms with Crippen LogP contribution in [0.5, 0.6) is 0 Å². The minimum atomic E-state index is -0.754. The van der Waals surface area contributed by atoms with Gasteiger partial charge in [-0.25, -0.2) is 0 Å². The van der Waals surface area contributed by atoms with Gasteiger partial charge >= 0.3 is 0 Å². The van der Waals surface area contributed by atoms with Crippen molar-refractivity contribution in [3.8, 4) is 0 Å². The quantitative estimate of drug-likeness (QED) is 0.770. The van der Waals surface area contributed by atoms with Crippen LogP contribution in [0.3, 0.4) is 0 Å². The molecular formula is C18H22N4O2. The molecule has 0 bridgehead atoms. The molecule has 2 N–H and O–H groups in total. The molecule has 0 saturated carbocycles. The third-order valence-electron chi connectivity index (χ3n) is 4.49. The van der Waals surface area contributed by atoms with Crippen LogP contribution in [0, 0.1) is 13.8 Å². The SMILES string of the molecule is Cc1nn(C)c(C)c1C(=O)NCC(O)c1ccc2c(ccn2C)c1. The lowest BCUT2D eigenvalue weighted by Crippen LogP contribution is -2.29. The summed E-state index contributed by atoms with van der Waals surface area (Å²) in [5, 5.41) is 18.5. The first-order valence-corrected chi connectivity index (χ1v) is 7.90. The number of nitrogens with one attached hydrogen (secondary N) is 1. The second kappa shape index (κ2) is 6.13. The highest BCUT2D eigenvalue weighted by Crippen LogP contribution is 2.21. The van der Waals surface area contributed by atoms with Crippen LogP contribution in [0.4, 0.5) is 0 Å². The Bertz CT molecular complexity index is 907. The summed E-state index contributed by atoms with van der Waals surface area (Å²) in [5.41, 5.74) is 3.96. The standard InChI is InChI=1S/C18H22N4O2/c1-11-17(12(2)22(4)20-11)18(24)19-10-16(23)14-5-6-15-13(9-14)7-8-21(15)3/h5-9,16,23H,10H2,1-4H3,(H,19,24). The van der Waals surface area contributed by atoms with Crippen LogP contribution < -0.4 is 5.32 Å². The summed E-state index contributed by atoms with van der Waals surface area (Å²) in [5.74, 6) is -0.210. The summed E-state index contributed by atoms with van der Waals surface area (Å²) < 4.78 is 3.71. The number of carbonyl (C=O) groups is 1. The van der Waals surface area contributed by atoms with Crippen LogP contribution in [0.1, 0.15) is 33.4 Å². The average Bonchev–Trinajstić information content (AvgIpc) is 3.04. The molecule has 1 aromatic carbocycles. The third-order valence-corrected chi connectivity index (χ3v) is 4.49. The number of hydrogen-bond acceptors (Lipinski definition) is 3. The molecule has 2 heterocycles. The van der Waals surface area contributed by atoms with E-state index in [2.05, 4.69) is 10.4 Å². The topological polar surface area (TPSA) is 72.1 Å². The summed E-state index contributed by atoms with van der Waals surface area (Å²) >= 11 is 0. The third kappa shape index (κ3) is 2.80. The van der Waals surface area contributed by atoms with Gasteiger partial charge in [0.1, 0.15) is 0 Å². The molecule has 3 aromatic rings. The van der Waals surface area contributed by atoms with Gasteiger partial charge in [0.15, 0.2) is 0 Å². The number of rotatable bonds is 4. The number of nitrogens with zero attached hydrogens (tertiary/aromatic N) is 3. The molecule has 1 atom stereocenters. The zero-order valence-corrected chi connectivity index (χ0v) is 14.4. The molecule has 1 amide bonds. The number of amides is 1. The van der Waals surface area contributed by atoms with Gasteiger partial charge in [-0.15, -0.1) is 0 Å². The van der Waals surface area contributed by atoms with Gasteiger partial charge in [0.25, 0.3) is 5.91 Å². The normalized spacial score (nSPS) is 12.5. The van der Waals surface area contributed by atoms with Crippen molar-refractivity contribution in [2.75, 3.05) is 6.54 Å². The zero-order valence-electron chi connectivity index (χ0n) is 14.4. The van der Waals surface area contributed by atoms with E-state index < -0.39 is 6.10 Å². The Morgan fingerprint density at radius 1 is 1.29 bits per heavy atom.